The van der Waals surface area contributed by atoms with E-state index in [-0.39, 0.29) is 11.9 Å². The molecule has 5 nitrogen and oxygen atoms in total. The summed E-state index contributed by atoms with van der Waals surface area (Å²) in [4.78, 5) is 16.7. The molecule has 1 N–H and O–H groups in total. The molecule has 0 spiro atoms. The molecule has 1 amide bonds. The molecule has 0 saturated heterocycles. The van der Waals surface area contributed by atoms with Crippen LogP contribution < -0.4 is 5.32 Å². The van der Waals surface area contributed by atoms with Crippen LogP contribution in [0.15, 0.2) is 28.6 Å². The Hall–Kier alpha value is -1.21. The first kappa shape index (κ1) is 14.2. The summed E-state index contributed by atoms with van der Waals surface area (Å²) in [5.74, 6) is 0.270. The van der Waals surface area contributed by atoms with E-state index in [1.165, 1.54) is 17.7 Å². The molecule has 7 heteroatoms. The largest absolute Gasteiger partial charge is 0.346 e. The third kappa shape index (κ3) is 3.87. The van der Waals surface area contributed by atoms with E-state index in [1.807, 2.05) is 11.4 Å². The Morgan fingerprint density at radius 1 is 1.58 bits per heavy atom. The summed E-state index contributed by atoms with van der Waals surface area (Å²) < 4.78 is 2.66. The third-order valence-corrected chi connectivity index (χ3v) is 4.45. The highest BCUT2D eigenvalue weighted by Gasteiger charge is 2.19. The summed E-state index contributed by atoms with van der Waals surface area (Å²) in [6.07, 6.45) is 3.15. The van der Waals surface area contributed by atoms with Gasteiger partial charge in [-0.15, -0.1) is 11.3 Å². The Morgan fingerprint density at radius 3 is 2.89 bits per heavy atom. The van der Waals surface area contributed by atoms with Crippen LogP contribution in [-0.4, -0.2) is 26.7 Å². The van der Waals surface area contributed by atoms with Crippen LogP contribution in [0.3, 0.4) is 0 Å². The summed E-state index contributed by atoms with van der Waals surface area (Å²) in [5, 5.41) is 9.02. The van der Waals surface area contributed by atoms with Crippen LogP contribution in [-0.2, 0) is 6.54 Å². The molecule has 0 saturated carbocycles. The molecule has 1 atom stereocenters. The maximum absolute atomic E-state index is 12.1. The van der Waals surface area contributed by atoms with Gasteiger partial charge in [0, 0.05) is 9.85 Å². The van der Waals surface area contributed by atoms with Crippen LogP contribution in [0.5, 0.6) is 0 Å². The van der Waals surface area contributed by atoms with Crippen molar-refractivity contribution in [2.75, 3.05) is 0 Å². The van der Waals surface area contributed by atoms with E-state index in [0.717, 1.165) is 4.47 Å². The van der Waals surface area contributed by atoms with Gasteiger partial charge < -0.3 is 5.32 Å². The van der Waals surface area contributed by atoms with Crippen molar-refractivity contribution in [3.8, 4) is 0 Å². The lowest BCUT2D eigenvalue weighted by molar-refractivity contribution is 0.0923. The number of halogens is 1. The number of hydrogen-bond donors (Lipinski definition) is 1. The number of aromatic nitrogens is 3. The Bertz CT molecular complexity index is 538. The molecule has 1 unspecified atom stereocenters. The third-order valence-electron chi connectivity index (χ3n) is 2.76. The molecular weight excluding hydrogens is 328 g/mol. The van der Waals surface area contributed by atoms with Crippen LogP contribution in [0.25, 0.3) is 0 Å². The molecule has 0 aliphatic carbocycles. The van der Waals surface area contributed by atoms with Crippen molar-refractivity contribution >= 4 is 33.2 Å². The first-order valence-electron chi connectivity index (χ1n) is 5.93. The maximum Gasteiger partial charge on any atom is 0.261 e. The van der Waals surface area contributed by atoms with Crippen molar-refractivity contribution in [3.05, 3.63) is 33.5 Å². The Kier molecular flexibility index (Phi) is 4.71. The van der Waals surface area contributed by atoms with Gasteiger partial charge in [-0.2, -0.15) is 5.10 Å². The zero-order valence-electron chi connectivity index (χ0n) is 10.7. The molecule has 2 aromatic rings. The molecule has 0 bridgehead atoms. The van der Waals surface area contributed by atoms with E-state index in [2.05, 4.69) is 45.2 Å². The van der Waals surface area contributed by atoms with Crippen LogP contribution >= 0.6 is 27.3 Å². The van der Waals surface area contributed by atoms with Crippen LogP contribution in [0.4, 0.5) is 0 Å². The Balaban J connectivity index is 2.02. The molecule has 19 heavy (non-hydrogen) atoms. The van der Waals surface area contributed by atoms with Gasteiger partial charge in [0.1, 0.15) is 12.7 Å². The van der Waals surface area contributed by atoms with Gasteiger partial charge in [0.15, 0.2) is 0 Å². The Labute approximate surface area is 124 Å². The van der Waals surface area contributed by atoms with Gasteiger partial charge in [-0.1, -0.05) is 13.8 Å². The lowest BCUT2D eigenvalue weighted by Crippen LogP contribution is -2.41. The minimum atomic E-state index is -0.0467. The van der Waals surface area contributed by atoms with Crippen molar-refractivity contribution < 1.29 is 4.79 Å². The van der Waals surface area contributed by atoms with Crippen LogP contribution in [0.2, 0.25) is 0 Å². The van der Waals surface area contributed by atoms with Crippen molar-refractivity contribution in [2.45, 2.75) is 26.4 Å². The molecule has 0 aliphatic heterocycles. The highest BCUT2D eigenvalue weighted by molar-refractivity contribution is 9.10. The quantitative estimate of drug-likeness (QED) is 0.908. The first-order chi connectivity index (χ1) is 9.06. The smallest absolute Gasteiger partial charge is 0.261 e. The van der Waals surface area contributed by atoms with E-state index in [0.29, 0.717) is 17.3 Å². The van der Waals surface area contributed by atoms with Gasteiger partial charge in [0.05, 0.1) is 17.5 Å². The second-order valence-electron chi connectivity index (χ2n) is 4.57. The fourth-order valence-corrected chi connectivity index (χ4v) is 2.95. The summed E-state index contributed by atoms with van der Waals surface area (Å²) in [6, 6.07) is 1.85. The van der Waals surface area contributed by atoms with Gasteiger partial charge in [-0.05, 0) is 27.9 Å². The van der Waals surface area contributed by atoms with Gasteiger partial charge in [-0.3, -0.25) is 9.48 Å². The zero-order chi connectivity index (χ0) is 13.8. The number of carbonyl (C=O) groups excluding carboxylic acids is 1. The number of rotatable bonds is 5. The standard InChI is InChI=1S/C12H15BrN4OS/c1-8(2)10(4-17-7-14-6-15-17)16-12(18)11-3-9(13)5-19-11/h3,5-8,10H,4H2,1-2H3,(H,16,18). The van der Waals surface area contributed by atoms with Gasteiger partial charge in [0.25, 0.3) is 5.91 Å². The number of amides is 1. The summed E-state index contributed by atoms with van der Waals surface area (Å²) in [7, 11) is 0. The average molecular weight is 343 g/mol. The molecule has 2 rings (SSSR count). The van der Waals surface area contributed by atoms with Crippen molar-refractivity contribution in [1.82, 2.24) is 20.1 Å². The van der Waals surface area contributed by atoms with Gasteiger partial charge in [-0.25, -0.2) is 4.98 Å². The zero-order valence-corrected chi connectivity index (χ0v) is 13.1. The number of thiophene rings is 1. The van der Waals surface area contributed by atoms with E-state index in [4.69, 9.17) is 0 Å². The number of hydrogen-bond acceptors (Lipinski definition) is 4. The summed E-state index contributed by atoms with van der Waals surface area (Å²) >= 11 is 4.78. The highest BCUT2D eigenvalue weighted by Crippen LogP contribution is 2.20. The highest BCUT2D eigenvalue weighted by atomic mass is 79.9. The second-order valence-corrected chi connectivity index (χ2v) is 6.40. The van der Waals surface area contributed by atoms with Crippen molar-refractivity contribution in [1.29, 1.82) is 0 Å². The van der Waals surface area contributed by atoms with E-state index in [9.17, 15) is 4.79 Å². The first-order valence-corrected chi connectivity index (χ1v) is 7.61. The SMILES string of the molecule is CC(C)C(Cn1cncn1)NC(=O)c1cc(Br)cs1. The molecule has 0 aliphatic rings. The summed E-state index contributed by atoms with van der Waals surface area (Å²) in [6.45, 7) is 4.77. The van der Waals surface area contributed by atoms with E-state index >= 15 is 0 Å². The summed E-state index contributed by atoms with van der Waals surface area (Å²) in [5.41, 5.74) is 0. The lowest BCUT2D eigenvalue weighted by atomic mass is 10.0. The second kappa shape index (κ2) is 6.29. The van der Waals surface area contributed by atoms with Crippen LogP contribution in [0.1, 0.15) is 23.5 Å². The Morgan fingerprint density at radius 2 is 2.37 bits per heavy atom. The van der Waals surface area contributed by atoms with Gasteiger partial charge in [0.2, 0.25) is 0 Å². The molecular formula is C12H15BrN4OS. The predicted molar refractivity (Wildman–Crippen MR) is 78.1 cm³/mol. The lowest BCUT2D eigenvalue weighted by Gasteiger charge is -2.21. The molecule has 2 aromatic heterocycles. The molecule has 0 radical (unpaired) electrons. The minimum Gasteiger partial charge on any atom is -0.346 e. The molecule has 0 aromatic carbocycles. The normalized spacial score (nSPS) is 12.6. The maximum atomic E-state index is 12.1. The van der Waals surface area contributed by atoms with Crippen LogP contribution in [0, 0.1) is 5.92 Å². The van der Waals surface area contributed by atoms with Crippen molar-refractivity contribution in [3.63, 3.8) is 0 Å². The van der Waals surface area contributed by atoms with E-state index in [1.54, 1.807) is 11.0 Å². The molecule has 102 valence electrons. The fraction of sp³-hybridized carbons (Fsp3) is 0.417. The van der Waals surface area contributed by atoms with E-state index < -0.39 is 0 Å². The van der Waals surface area contributed by atoms with Crippen molar-refractivity contribution in [2.24, 2.45) is 5.92 Å². The fourth-order valence-electron chi connectivity index (χ4n) is 1.62. The topological polar surface area (TPSA) is 59.8 Å². The number of carbonyl (C=O) groups is 1. The number of nitrogens with zero attached hydrogens (tertiary/aromatic N) is 3. The monoisotopic (exact) mass is 342 g/mol. The number of nitrogens with one attached hydrogen (secondary N) is 1. The minimum absolute atomic E-state index is 0.0232. The predicted octanol–water partition coefficient (Wildman–Crippen LogP) is 2.56. The molecule has 0 fully saturated rings. The van der Waals surface area contributed by atoms with Gasteiger partial charge >= 0.3 is 0 Å². The molecule has 2 heterocycles. The average Bonchev–Trinajstić information content (AvgIpc) is 2.99.